The van der Waals surface area contributed by atoms with Crippen molar-refractivity contribution in [3.8, 4) is 0 Å². The molecule has 2 amide bonds. The van der Waals surface area contributed by atoms with E-state index in [1.807, 2.05) is 0 Å². The van der Waals surface area contributed by atoms with Crippen LogP contribution in [0.2, 0.25) is 0 Å². The molecule has 8 heteroatoms. The van der Waals surface area contributed by atoms with Gasteiger partial charge in [-0.15, -0.1) is 11.3 Å². The second-order valence-corrected chi connectivity index (χ2v) is 8.94. The van der Waals surface area contributed by atoms with E-state index in [-0.39, 0.29) is 24.9 Å². The molecule has 1 N–H and O–H groups in total. The zero-order valence-electron chi connectivity index (χ0n) is 16.9. The highest BCUT2D eigenvalue weighted by Gasteiger charge is 2.41. The second-order valence-electron chi connectivity index (χ2n) is 8.00. The van der Waals surface area contributed by atoms with Crippen LogP contribution >= 0.6 is 11.3 Å². The number of benzene rings is 1. The van der Waals surface area contributed by atoms with Gasteiger partial charge in [-0.2, -0.15) is 13.2 Å². The highest BCUT2D eigenvalue weighted by molar-refractivity contribution is 7.12. The molecule has 0 bridgehead atoms. The van der Waals surface area contributed by atoms with Crippen LogP contribution in [0.4, 0.5) is 13.2 Å². The van der Waals surface area contributed by atoms with E-state index in [1.165, 1.54) is 17.4 Å². The number of nitrogens with one attached hydrogen (secondary N) is 1. The van der Waals surface area contributed by atoms with Gasteiger partial charge < -0.3 is 10.2 Å². The number of thiophene rings is 1. The Morgan fingerprint density at radius 1 is 1.20 bits per heavy atom. The number of halogens is 3. The van der Waals surface area contributed by atoms with Gasteiger partial charge in [0.05, 0.1) is 16.4 Å². The number of carbonyl (C=O) groups excluding carboxylic acids is 2. The molecule has 2 aromatic rings. The van der Waals surface area contributed by atoms with E-state index in [4.69, 9.17) is 0 Å². The first kappa shape index (κ1) is 22.3. The molecule has 30 heavy (non-hydrogen) atoms. The lowest BCUT2D eigenvalue weighted by Gasteiger charge is -2.19. The molecule has 162 valence electrons. The molecule has 0 spiro atoms. The van der Waals surface area contributed by atoms with Gasteiger partial charge in [0.15, 0.2) is 0 Å². The summed E-state index contributed by atoms with van der Waals surface area (Å²) in [5.41, 5.74) is -0.322. The largest absolute Gasteiger partial charge is 0.416 e. The fraction of sp³-hybridized carbons (Fsp3) is 0.455. The molecule has 3 rings (SSSR count). The molecule has 0 saturated carbocycles. The van der Waals surface area contributed by atoms with Crippen molar-refractivity contribution in [2.75, 3.05) is 19.6 Å². The standard InChI is InChI=1S/C22H25F3N2O2S/c1-14(2)8-9-26-20(28)18-13-27(21(29)19-7-4-10-30-19)12-17(18)15-5-3-6-16(11-15)22(23,24)25/h3-7,10-11,14,17-18H,8-9,12-13H2,1-2H3,(H,26,28)/t17-,18+/m1/s1. The fourth-order valence-corrected chi connectivity index (χ4v) is 4.38. The smallest absolute Gasteiger partial charge is 0.356 e. The van der Waals surface area contributed by atoms with E-state index in [1.54, 1.807) is 28.5 Å². The number of rotatable bonds is 6. The summed E-state index contributed by atoms with van der Waals surface area (Å²) in [6.45, 7) is 5.00. The van der Waals surface area contributed by atoms with Crippen LogP contribution in [0.1, 0.15) is 47.0 Å². The Morgan fingerprint density at radius 3 is 2.60 bits per heavy atom. The molecule has 1 aliphatic heterocycles. The molecule has 1 aliphatic rings. The summed E-state index contributed by atoms with van der Waals surface area (Å²) in [5.74, 6) is -1.08. The lowest BCUT2D eigenvalue weighted by atomic mass is 9.87. The number of hydrogen-bond donors (Lipinski definition) is 1. The minimum absolute atomic E-state index is 0.186. The van der Waals surface area contributed by atoms with Gasteiger partial charge in [0.2, 0.25) is 5.91 Å². The van der Waals surface area contributed by atoms with E-state index < -0.39 is 23.6 Å². The van der Waals surface area contributed by atoms with Crippen molar-refractivity contribution in [2.45, 2.75) is 32.4 Å². The molecule has 2 atom stereocenters. The van der Waals surface area contributed by atoms with Crippen molar-refractivity contribution in [3.05, 3.63) is 57.8 Å². The molecule has 1 aromatic carbocycles. The molecule has 0 aliphatic carbocycles. The number of alkyl halides is 3. The fourth-order valence-electron chi connectivity index (χ4n) is 3.69. The van der Waals surface area contributed by atoms with Gasteiger partial charge in [0.25, 0.3) is 5.91 Å². The number of amides is 2. The average Bonchev–Trinajstić information content (AvgIpc) is 3.37. The van der Waals surface area contributed by atoms with Gasteiger partial charge in [-0.1, -0.05) is 38.1 Å². The van der Waals surface area contributed by atoms with Crippen LogP contribution in [-0.2, 0) is 11.0 Å². The summed E-state index contributed by atoms with van der Waals surface area (Å²) in [6.07, 6.45) is -3.65. The van der Waals surface area contributed by atoms with Crippen LogP contribution in [0, 0.1) is 11.8 Å². The van der Waals surface area contributed by atoms with Crippen molar-refractivity contribution in [2.24, 2.45) is 11.8 Å². The maximum Gasteiger partial charge on any atom is 0.416 e. The van der Waals surface area contributed by atoms with Crippen molar-refractivity contribution < 1.29 is 22.8 Å². The first-order valence-electron chi connectivity index (χ1n) is 9.94. The predicted molar refractivity (Wildman–Crippen MR) is 110 cm³/mol. The van der Waals surface area contributed by atoms with Gasteiger partial charge in [-0.25, -0.2) is 0 Å². The Morgan fingerprint density at radius 2 is 1.97 bits per heavy atom. The highest BCUT2D eigenvalue weighted by atomic mass is 32.1. The van der Waals surface area contributed by atoms with Crippen LogP contribution in [0.5, 0.6) is 0 Å². The van der Waals surface area contributed by atoms with Gasteiger partial charge in [-0.05, 0) is 35.4 Å². The lowest BCUT2D eigenvalue weighted by molar-refractivity contribution is -0.137. The molecular weight excluding hydrogens is 413 g/mol. The van der Waals surface area contributed by atoms with Gasteiger partial charge >= 0.3 is 6.18 Å². The van der Waals surface area contributed by atoms with Crippen molar-refractivity contribution in [3.63, 3.8) is 0 Å². The molecular formula is C22H25F3N2O2S. The summed E-state index contributed by atoms with van der Waals surface area (Å²) in [4.78, 5) is 27.8. The molecule has 4 nitrogen and oxygen atoms in total. The van der Waals surface area contributed by atoms with Crippen molar-refractivity contribution in [1.29, 1.82) is 0 Å². The van der Waals surface area contributed by atoms with Crippen LogP contribution in [0.15, 0.2) is 41.8 Å². The van der Waals surface area contributed by atoms with Crippen molar-refractivity contribution in [1.82, 2.24) is 10.2 Å². The maximum atomic E-state index is 13.2. The summed E-state index contributed by atoms with van der Waals surface area (Å²) >= 11 is 1.31. The number of carbonyl (C=O) groups is 2. The summed E-state index contributed by atoms with van der Waals surface area (Å²) in [6, 6.07) is 8.56. The van der Waals surface area contributed by atoms with Gasteiger partial charge in [0.1, 0.15) is 0 Å². The third-order valence-electron chi connectivity index (χ3n) is 5.34. The Kier molecular flexibility index (Phi) is 6.85. The van der Waals surface area contributed by atoms with E-state index in [0.29, 0.717) is 22.9 Å². The Hall–Kier alpha value is -2.35. The highest BCUT2D eigenvalue weighted by Crippen LogP contribution is 2.37. The monoisotopic (exact) mass is 438 g/mol. The van der Waals surface area contributed by atoms with Gasteiger partial charge in [0, 0.05) is 25.6 Å². The molecule has 0 unspecified atom stereocenters. The average molecular weight is 439 g/mol. The summed E-state index contributed by atoms with van der Waals surface area (Å²) in [7, 11) is 0. The molecule has 1 fully saturated rings. The number of nitrogens with zero attached hydrogens (tertiary/aromatic N) is 1. The Balaban J connectivity index is 1.85. The Bertz CT molecular complexity index is 881. The number of likely N-dealkylation sites (tertiary alicyclic amines) is 1. The van der Waals surface area contributed by atoms with Crippen LogP contribution in [0.25, 0.3) is 0 Å². The van der Waals surface area contributed by atoms with E-state index in [0.717, 1.165) is 18.6 Å². The molecule has 1 aromatic heterocycles. The Labute approximate surface area is 178 Å². The first-order valence-corrected chi connectivity index (χ1v) is 10.8. The topological polar surface area (TPSA) is 49.4 Å². The maximum absolute atomic E-state index is 13.2. The molecule has 0 radical (unpaired) electrons. The van der Waals surface area contributed by atoms with Crippen LogP contribution in [-0.4, -0.2) is 36.3 Å². The van der Waals surface area contributed by atoms with Crippen LogP contribution < -0.4 is 5.32 Å². The zero-order valence-corrected chi connectivity index (χ0v) is 17.7. The van der Waals surface area contributed by atoms with Crippen molar-refractivity contribution >= 4 is 23.2 Å². The van der Waals surface area contributed by atoms with E-state index >= 15 is 0 Å². The third kappa shape index (κ3) is 5.22. The van der Waals surface area contributed by atoms with Gasteiger partial charge in [-0.3, -0.25) is 9.59 Å². The SMILES string of the molecule is CC(C)CCNC(=O)[C@H]1CN(C(=O)c2cccs2)C[C@@H]1c1cccc(C(F)(F)F)c1. The normalized spacial score (nSPS) is 19.3. The van der Waals surface area contributed by atoms with E-state index in [2.05, 4.69) is 19.2 Å². The molecule has 1 saturated heterocycles. The predicted octanol–water partition coefficient (Wildman–Crippen LogP) is 4.79. The molecule has 2 heterocycles. The second kappa shape index (κ2) is 9.20. The van der Waals surface area contributed by atoms with E-state index in [9.17, 15) is 22.8 Å². The summed E-state index contributed by atoms with van der Waals surface area (Å²) < 4.78 is 39.6. The lowest BCUT2D eigenvalue weighted by Crippen LogP contribution is -2.36. The minimum Gasteiger partial charge on any atom is -0.356 e. The number of hydrogen-bond acceptors (Lipinski definition) is 3. The minimum atomic E-state index is -4.46. The zero-order chi connectivity index (χ0) is 21.9. The first-order chi connectivity index (χ1) is 14.2. The summed E-state index contributed by atoms with van der Waals surface area (Å²) in [5, 5.41) is 4.69. The third-order valence-corrected chi connectivity index (χ3v) is 6.20. The van der Waals surface area contributed by atoms with Crippen LogP contribution in [0.3, 0.4) is 0 Å². The quantitative estimate of drug-likeness (QED) is 0.705.